The summed E-state index contributed by atoms with van der Waals surface area (Å²) in [6.45, 7) is 4.17. The van der Waals surface area contributed by atoms with Gasteiger partial charge in [0.05, 0.1) is 32.0 Å². The highest BCUT2D eigenvalue weighted by Gasteiger charge is 2.33. The van der Waals surface area contributed by atoms with E-state index in [-0.39, 0.29) is 24.4 Å². The number of cyclic esters (lactones) is 1. The topological polar surface area (TPSA) is 88.2 Å². The van der Waals surface area contributed by atoms with E-state index < -0.39 is 18.0 Å². The number of hydrogen-bond acceptors (Lipinski definition) is 6. The molecule has 0 saturated carbocycles. The maximum atomic E-state index is 15.3. The van der Waals surface area contributed by atoms with Gasteiger partial charge in [0.2, 0.25) is 5.91 Å². The van der Waals surface area contributed by atoms with Crippen molar-refractivity contribution in [2.45, 2.75) is 13.0 Å². The van der Waals surface area contributed by atoms with Gasteiger partial charge in [0.25, 0.3) is 0 Å². The zero-order valence-corrected chi connectivity index (χ0v) is 17.7. The van der Waals surface area contributed by atoms with Gasteiger partial charge >= 0.3 is 6.09 Å². The quantitative estimate of drug-likeness (QED) is 0.765. The molecule has 1 unspecified atom stereocenters. The van der Waals surface area contributed by atoms with E-state index in [0.29, 0.717) is 43.1 Å². The molecule has 0 spiro atoms. The molecule has 168 valence electrons. The molecular weight excluding hydrogens is 417 g/mol. The molecule has 1 N–H and O–H groups in total. The van der Waals surface area contributed by atoms with Crippen molar-refractivity contribution in [3.05, 3.63) is 58.5 Å². The molecule has 8 nitrogen and oxygen atoms in total. The largest absolute Gasteiger partial charge is 0.442 e. The second kappa shape index (κ2) is 9.35. The molecule has 0 aromatic heterocycles. The van der Waals surface area contributed by atoms with Gasteiger partial charge in [-0.05, 0) is 42.5 Å². The van der Waals surface area contributed by atoms with Gasteiger partial charge in [0, 0.05) is 36.8 Å². The number of hydrogen-bond donors (Lipinski definition) is 1. The van der Waals surface area contributed by atoms with Gasteiger partial charge in [-0.3, -0.25) is 14.5 Å². The summed E-state index contributed by atoms with van der Waals surface area (Å²) >= 11 is 0. The number of rotatable bonds is 5. The second-order valence-corrected chi connectivity index (χ2v) is 7.68. The van der Waals surface area contributed by atoms with E-state index in [1.165, 1.54) is 30.0 Å². The summed E-state index contributed by atoms with van der Waals surface area (Å²) in [5.41, 5.74) is 1.85. The van der Waals surface area contributed by atoms with E-state index >= 15 is 4.39 Å². The Morgan fingerprint density at radius 1 is 1.09 bits per heavy atom. The van der Waals surface area contributed by atoms with E-state index in [9.17, 15) is 14.4 Å². The Balaban J connectivity index is 1.63. The van der Waals surface area contributed by atoms with Gasteiger partial charge in [0.15, 0.2) is 5.43 Å². The number of carbonyl (C=O) groups is 2. The van der Waals surface area contributed by atoms with Crippen LogP contribution in [0.5, 0.6) is 0 Å². The summed E-state index contributed by atoms with van der Waals surface area (Å²) in [6, 6.07) is 10.7. The normalized spacial score (nSPS) is 18.4. The van der Waals surface area contributed by atoms with Crippen LogP contribution in [0.1, 0.15) is 6.92 Å². The number of anilines is 2. The van der Waals surface area contributed by atoms with E-state index in [1.807, 2.05) is 0 Å². The maximum Gasteiger partial charge on any atom is 0.414 e. The number of carbonyl (C=O) groups excluding carboxylic acids is 2. The third kappa shape index (κ3) is 4.72. The van der Waals surface area contributed by atoms with Crippen LogP contribution in [0, 0.1) is 5.82 Å². The molecule has 2 aliphatic heterocycles. The minimum absolute atomic E-state index is 0.173. The average molecular weight is 441 g/mol. The van der Waals surface area contributed by atoms with Crippen molar-refractivity contribution in [1.82, 2.24) is 5.32 Å². The van der Waals surface area contributed by atoms with E-state index in [1.54, 1.807) is 24.3 Å². The molecule has 2 fully saturated rings. The van der Waals surface area contributed by atoms with Crippen LogP contribution in [0.3, 0.4) is 0 Å². The molecular formula is C23H24FN3O5. The molecule has 2 heterocycles. The Morgan fingerprint density at radius 3 is 2.53 bits per heavy atom. The van der Waals surface area contributed by atoms with Crippen molar-refractivity contribution in [1.29, 1.82) is 0 Å². The van der Waals surface area contributed by atoms with Crippen molar-refractivity contribution in [2.75, 3.05) is 49.2 Å². The summed E-state index contributed by atoms with van der Waals surface area (Å²) in [4.78, 5) is 38.7. The summed E-state index contributed by atoms with van der Waals surface area (Å²) in [5, 5.41) is 2.61. The molecule has 2 amide bonds. The van der Waals surface area contributed by atoms with Crippen LogP contribution in [-0.2, 0) is 14.3 Å². The minimum Gasteiger partial charge on any atom is -0.442 e. The fourth-order valence-corrected chi connectivity index (χ4v) is 3.85. The van der Waals surface area contributed by atoms with Crippen LogP contribution in [0.15, 0.2) is 47.3 Å². The number of halogens is 1. The number of nitrogens with one attached hydrogen (secondary N) is 1. The van der Waals surface area contributed by atoms with E-state index in [2.05, 4.69) is 10.2 Å². The smallest absolute Gasteiger partial charge is 0.414 e. The lowest BCUT2D eigenvalue weighted by Crippen LogP contribution is -2.36. The number of benzene rings is 1. The Morgan fingerprint density at radius 2 is 1.81 bits per heavy atom. The molecule has 4 rings (SSSR count). The molecule has 2 aromatic carbocycles. The zero-order chi connectivity index (χ0) is 22.7. The molecule has 32 heavy (non-hydrogen) atoms. The van der Waals surface area contributed by atoms with Gasteiger partial charge in [-0.2, -0.15) is 0 Å². The molecule has 9 heteroatoms. The van der Waals surface area contributed by atoms with Crippen molar-refractivity contribution >= 4 is 23.4 Å². The van der Waals surface area contributed by atoms with Gasteiger partial charge in [-0.25, -0.2) is 9.18 Å². The van der Waals surface area contributed by atoms with E-state index in [4.69, 9.17) is 9.47 Å². The monoisotopic (exact) mass is 441 g/mol. The lowest BCUT2D eigenvalue weighted by Gasteiger charge is -2.30. The molecule has 0 radical (unpaired) electrons. The highest BCUT2D eigenvalue weighted by molar-refractivity contribution is 5.90. The highest BCUT2D eigenvalue weighted by atomic mass is 19.1. The van der Waals surface area contributed by atoms with Crippen LogP contribution in [0.4, 0.5) is 20.6 Å². The molecule has 1 atom stereocenters. The highest BCUT2D eigenvalue weighted by Crippen LogP contribution is 2.34. The molecule has 0 bridgehead atoms. The first-order valence-electron chi connectivity index (χ1n) is 10.4. The van der Waals surface area contributed by atoms with Crippen LogP contribution >= 0.6 is 0 Å². The van der Waals surface area contributed by atoms with Crippen molar-refractivity contribution in [3.63, 3.8) is 0 Å². The maximum absolute atomic E-state index is 15.3. The van der Waals surface area contributed by atoms with Crippen molar-refractivity contribution in [2.24, 2.45) is 0 Å². The molecule has 2 aromatic rings. The SMILES string of the molecule is CC(=O)NCC1CN(c2ccc(-c3ccc(=O)ccc3N3CCOCC3)c(F)c2)C(=O)O1. The zero-order valence-electron chi connectivity index (χ0n) is 17.7. The minimum atomic E-state index is -0.594. The van der Waals surface area contributed by atoms with E-state index in [0.717, 1.165) is 5.69 Å². The van der Waals surface area contributed by atoms with Crippen molar-refractivity contribution in [3.8, 4) is 11.1 Å². The lowest BCUT2D eigenvalue weighted by molar-refractivity contribution is -0.119. The average Bonchev–Trinajstić information content (AvgIpc) is 3.04. The number of morpholine rings is 1. The summed E-state index contributed by atoms with van der Waals surface area (Å²) in [5.74, 6) is -0.739. The number of nitrogens with zero attached hydrogens (tertiary/aromatic N) is 2. The number of amides is 2. The van der Waals surface area contributed by atoms with Crippen LogP contribution in [-0.4, -0.2) is 57.5 Å². The van der Waals surface area contributed by atoms with Gasteiger partial charge in [-0.1, -0.05) is 0 Å². The lowest BCUT2D eigenvalue weighted by atomic mass is 10.0. The molecule has 0 aliphatic carbocycles. The van der Waals surface area contributed by atoms with Gasteiger partial charge < -0.3 is 19.7 Å². The fraction of sp³-hybridized carbons (Fsp3) is 0.348. The standard InChI is InChI=1S/C23H24FN3O5/c1-15(28)25-13-18-14-27(23(30)32-18)16-2-5-19(21(24)12-16)20-6-3-17(29)4-7-22(20)26-8-10-31-11-9-26/h2-7,12,18H,8-11,13-14H2,1H3,(H,25,28). The van der Waals surface area contributed by atoms with Crippen LogP contribution in [0.25, 0.3) is 11.1 Å². The van der Waals surface area contributed by atoms with Gasteiger partial charge in [-0.15, -0.1) is 0 Å². The Labute approximate surface area is 184 Å². The third-order valence-electron chi connectivity index (χ3n) is 5.45. The summed E-state index contributed by atoms with van der Waals surface area (Å²) in [6.07, 6.45) is -1.10. The summed E-state index contributed by atoms with van der Waals surface area (Å²) < 4.78 is 25.9. The fourth-order valence-electron chi connectivity index (χ4n) is 3.85. The van der Waals surface area contributed by atoms with Crippen LogP contribution in [0.2, 0.25) is 0 Å². The van der Waals surface area contributed by atoms with Gasteiger partial charge in [0.1, 0.15) is 11.9 Å². The van der Waals surface area contributed by atoms with Crippen LogP contribution < -0.4 is 20.5 Å². The first kappa shape index (κ1) is 21.8. The first-order chi connectivity index (χ1) is 15.4. The van der Waals surface area contributed by atoms with Crippen molar-refractivity contribution < 1.29 is 23.5 Å². The Bertz CT molecular complexity index is 1090. The first-order valence-corrected chi connectivity index (χ1v) is 10.4. The summed E-state index contributed by atoms with van der Waals surface area (Å²) in [7, 11) is 0. The molecule has 2 saturated heterocycles. The second-order valence-electron chi connectivity index (χ2n) is 7.68. The predicted octanol–water partition coefficient (Wildman–Crippen LogP) is 2.15. The third-order valence-corrected chi connectivity index (χ3v) is 5.45. The number of ether oxygens (including phenoxy) is 2. The Kier molecular flexibility index (Phi) is 6.36. The molecule has 2 aliphatic rings. The Hall–Kier alpha value is -3.46. The predicted molar refractivity (Wildman–Crippen MR) is 117 cm³/mol.